The van der Waals surface area contributed by atoms with Gasteiger partial charge < -0.3 is 10.4 Å². The fourth-order valence-electron chi connectivity index (χ4n) is 1.08. The Morgan fingerprint density at radius 1 is 1.00 bits per heavy atom. The molecule has 0 unspecified atom stereocenters. The summed E-state index contributed by atoms with van der Waals surface area (Å²) >= 11 is 0. The Morgan fingerprint density at radius 3 is 2.43 bits per heavy atom. The van der Waals surface area contributed by atoms with E-state index in [1.807, 2.05) is 12.1 Å². The molecule has 0 aliphatic carbocycles. The summed E-state index contributed by atoms with van der Waals surface area (Å²) in [6.45, 7) is 0. The summed E-state index contributed by atoms with van der Waals surface area (Å²) in [5.74, 6) is 0.129. The number of nitrogens with one attached hydrogen (secondary N) is 1. The molecule has 2 aromatic rings. The molecule has 0 fully saturated rings. The molecule has 0 spiro atoms. The van der Waals surface area contributed by atoms with Crippen molar-refractivity contribution in [3.05, 3.63) is 43.0 Å². The quantitative estimate of drug-likeness (QED) is 0.754. The highest BCUT2D eigenvalue weighted by Gasteiger charge is 1.99. The zero-order valence-corrected chi connectivity index (χ0v) is 7.38. The second-order valence-corrected chi connectivity index (χ2v) is 2.75. The van der Waals surface area contributed by atoms with Crippen molar-refractivity contribution in [3.63, 3.8) is 0 Å². The van der Waals surface area contributed by atoms with E-state index in [0.29, 0.717) is 5.69 Å². The highest BCUT2D eigenvalue weighted by atomic mass is 16.3. The predicted molar refractivity (Wildman–Crippen MR) is 53.4 cm³/mol. The van der Waals surface area contributed by atoms with E-state index in [1.165, 1.54) is 6.20 Å². The molecule has 0 aliphatic heterocycles. The van der Waals surface area contributed by atoms with Gasteiger partial charge in [0.25, 0.3) is 0 Å². The van der Waals surface area contributed by atoms with Crippen molar-refractivity contribution in [3.8, 4) is 5.75 Å². The molecule has 0 atom stereocenters. The van der Waals surface area contributed by atoms with Gasteiger partial charge in [0.05, 0.1) is 11.9 Å². The van der Waals surface area contributed by atoms with Crippen LogP contribution in [-0.4, -0.2) is 15.1 Å². The first kappa shape index (κ1) is 8.50. The molecule has 4 nitrogen and oxygen atoms in total. The summed E-state index contributed by atoms with van der Waals surface area (Å²) in [6, 6.07) is 5.34. The molecular weight excluding hydrogens is 178 g/mol. The van der Waals surface area contributed by atoms with E-state index in [4.69, 9.17) is 0 Å². The van der Waals surface area contributed by atoms with Crippen LogP contribution in [0.3, 0.4) is 0 Å². The molecule has 0 radical (unpaired) electrons. The average molecular weight is 187 g/mol. The Bertz CT molecular complexity index is 417. The maximum Gasteiger partial charge on any atom is 0.157 e. The number of hydrogen-bond acceptors (Lipinski definition) is 4. The minimum atomic E-state index is 0.129. The SMILES string of the molecule is Oc1cnccc1Nc1ccncc1. The molecule has 0 aromatic carbocycles. The van der Waals surface area contributed by atoms with Gasteiger partial charge in [-0.05, 0) is 18.2 Å². The molecular formula is C10H9N3O. The number of aromatic hydroxyl groups is 1. The molecule has 2 heterocycles. The molecule has 0 saturated heterocycles. The highest BCUT2D eigenvalue weighted by Crippen LogP contribution is 2.23. The van der Waals surface area contributed by atoms with Crippen LogP contribution in [0.1, 0.15) is 0 Å². The van der Waals surface area contributed by atoms with Gasteiger partial charge >= 0.3 is 0 Å². The minimum Gasteiger partial charge on any atom is -0.504 e. The summed E-state index contributed by atoms with van der Waals surface area (Å²) in [7, 11) is 0. The summed E-state index contributed by atoms with van der Waals surface area (Å²) in [5.41, 5.74) is 1.51. The fraction of sp³-hybridized carbons (Fsp3) is 0. The van der Waals surface area contributed by atoms with E-state index in [2.05, 4.69) is 15.3 Å². The number of anilines is 2. The number of pyridine rings is 2. The topological polar surface area (TPSA) is 58.0 Å². The molecule has 0 saturated carbocycles. The molecule has 14 heavy (non-hydrogen) atoms. The maximum atomic E-state index is 9.43. The maximum absolute atomic E-state index is 9.43. The van der Waals surface area contributed by atoms with Crippen LogP contribution in [0.15, 0.2) is 43.0 Å². The fourth-order valence-corrected chi connectivity index (χ4v) is 1.08. The molecule has 2 rings (SSSR count). The normalized spacial score (nSPS) is 9.71. The van der Waals surface area contributed by atoms with E-state index in [1.54, 1.807) is 24.7 Å². The number of rotatable bonds is 2. The van der Waals surface area contributed by atoms with Gasteiger partial charge in [-0.15, -0.1) is 0 Å². The van der Waals surface area contributed by atoms with Crippen LogP contribution in [0, 0.1) is 0 Å². The van der Waals surface area contributed by atoms with Gasteiger partial charge in [0.2, 0.25) is 0 Å². The number of hydrogen-bond donors (Lipinski definition) is 2. The average Bonchev–Trinajstić information content (AvgIpc) is 2.23. The molecule has 70 valence electrons. The van der Waals surface area contributed by atoms with Gasteiger partial charge in [0.1, 0.15) is 0 Å². The first-order valence-electron chi connectivity index (χ1n) is 4.16. The lowest BCUT2D eigenvalue weighted by Crippen LogP contribution is -1.90. The van der Waals surface area contributed by atoms with Crippen molar-refractivity contribution in [2.45, 2.75) is 0 Å². The van der Waals surface area contributed by atoms with Crippen LogP contribution >= 0.6 is 0 Å². The van der Waals surface area contributed by atoms with Gasteiger partial charge in [-0.2, -0.15) is 0 Å². The van der Waals surface area contributed by atoms with Gasteiger partial charge in [-0.25, -0.2) is 0 Å². The number of aromatic nitrogens is 2. The van der Waals surface area contributed by atoms with Crippen LogP contribution in [0.2, 0.25) is 0 Å². The van der Waals surface area contributed by atoms with Crippen LogP contribution in [-0.2, 0) is 0 Å². The van der Waals surface area contributed by atoms with Crippen molar-refractivity contribution in [2.24, 2.45) is 0 Å². The summed E-state index contributed by atoms with van der Waals surface area (Å²) in [6.07, 6.45) is 6.37. The Morgan fingerprint density at radius 2 is 1.71 bits per heavy atom. The largest absolute Gasteiger partial charge is 0.504 e. The van der Waals surface area contributed by atoms with Crippen molar-refractivity contribution >= 4 is 11.4 Å². The molecule has 0 bridgehead atoms. The summed E-state index contributed by atoms with van der Waals surface area (Å²) in [5, 5.41) is 12.5. The lowest BCUT2D eigenvalue weighted by Gasteiger charge is -2.06. The second kappa shape index (κ2) is 3.74. The van der Waals surface area contributed by atoms with E-state index >= 15 is 0 Å². The standard InChI is InChI=1S/C10H9N3O/c14-10-7-12-6-3-9(10)13-8-1-4-11-5-2-8/h1-7,14H,(H,11,12,13). The van der Waals surface area contributed by atoms with Crippen LogP contribution in [0.4, 0.5) is 11.4 Å². The molecule has 2 aromatic heterocycles. The third-order valence-corrected chi connectivity index (χ3v) is 1.76. The summed E-state index contributed by atoms with van der Waals surface area (Å²) in [4.78, 5) is 7.68. The van der Waals surface area contributed by atoms with Gasteiger partial charge in [0, 0.05) is 24.3 Å². The number of nitrogens with zero attached hydrogens (tertiary/aromatic N) is 2. The Balaban J connectivity index is 2.24. The first-order valence-corrected chi connectivity index (χ1v) is 4.16. The van der Waals surface area contributed by atoms with Crippen molar-refractivity contribution in [1.29, 1.82) is 0 Å². The molecule has 4 heteroatoms. The minimum absolute atomic E-state index is 0.129. The lowest BCUT2D eigenvalue weighted by molar-refractivity contribution is 0.475. The molecule has 2 N–H and O–H groups in total. The zero-order valence-electron chi connectivity index (χ0n) is 7.38. The van der Waals surface area contributed by atoms with Crippen LogP contribution in [0.25, 0.3) is 0 Å². The smallest absolute Gasteiger partial charge is 0.157 e. The van der Waals surface area contributed by atoms with Gasteiger partial charge in [0.15, 0.2) is 5.75 Å². The monoisotopic (exact) mass is 187 g/mol. The van der Waals surface area contributed by atoms with Crippen molar-refractivity contribution in [2.75, 3.05) is 5.32 Å². The summed E-state index contributed by atoms with van der Waals surface area (Å²) < 4.78 is 0. The first-order chi connectivity index (χ1) is 6.86. The zero-order chi connectivity index (χ0) is 9.80. The van der Waals surface area contributed by atoms with Crippen molar-refractivity contribution in [1.82, 2.24) is 9.97 Å². The van der Waals surface area contributed by atoms with Crippen LogP contribution in [0.5, 0.6) is 5.75 Å². The van der Waals surface area contributed by atoms with E-state index in [9.17, 15) is 5.11 Å². The van der Waals surface area contributed by atoms with Crippen LogP contribution < -0.4 is 5.32 Å². The predicted octanol–water partition coefficient (Wildman–Crippen LogP) is 1.93. The van der Waals surface area contributed by atoms with Gasteiger partial charge in [-0.1, -0.05) is 0 Å². The van der Waals surface area contributed by atoms with E-state index in [-0.39, 0.29) is 5.75 Å². The second-order valence-electron chi connectivity index (χ2n) is 2.75. The molecule has 0 amide bonds. The van der Waals surface area contributed by atoms with Gasteiger partial charge in [-0.3, -0.25) is 9.97 Å². The third kappa shape index (κ3) is 1.80. The lowest BCUT2D eigenvalue weighted by atomic mass is 10.3. The van der Waals surface area contributed by atoms with E-state index in [0.717, 1.165) is 5.69 Å². The van der Waals surface area contributed by atoms with Crippen molar-refractivity contribution < 1.29 is 5.11 Å². The molecule has 0 aliphatic rings. The van der Waals surface area contributed by atoms with E-state index < -0.39 is 0 Å². The highest BCUT2D eigenvalue weighted by molar-refractivity contribution is 5.64. The Kier molecular flexibility index (Phi) is 2.27. The third-order valence-electron chi connectivity index (χ3n) is 1.76. The Labute approximate surface area is 81.3 Å². The Hall–Kier alpha value is -2.10.